The van der Waals surface area contributed by atoms with Crippen LogP contribution in [0.25, 0.3) is 0 Å². The van der Waals surface area contributed by atoms with E-state index in [0.29, 0.717) is 30.3 Å². The fourth-order valence-corrected chi connectivity index (χ4v) is 3.61. The minimum absolute atomic E-state index is 0.0877. The van der Waals surface area contributed by atoms with Crippen LogP contribution in [0.5, 0.6) is 5.75 Å². The summed E-state index contributed by atoms with van der Waals surface area (Å²) in [6, 6.07) is 13.0. The van der Waals surface area contributed by atoms with Crippen molar-refractivity contribution in [2.75, 3.05) is 43.0 Å². The molecule has 1 N–H and O–H groups in total. The van der Waals surface area contributed by atoms with Crippen molar-refractivity contribution < 1.29 is 14.3 Å². The summed E-state index contributed by atoms with van der Waals surface area (Å²) in [6.45, 7) is 6.53. The molecule has 1 heterocycles. The van der Waals surface area contributed by atoms with Crippen LogP contribution >= 0.6 is 11.6 Å². The number of hydrogen-bond acceptors (Lipinski definition) is 4. The fourth-order valence-electron chi connectivity index (χ4n) is 3.38. The summed E-state index contributed by atoms with van der Waals surface area (Å²) < 4.78 is 5.64. The number of para-hydroxylation sites is 2. The maximum absolute atomic E-state index is 12.4. The molecule has 3 rings (SSSR count). The maximum Gasteiger partial charge on any atom is 0.262 e. The van der Waals surface area contributed by atoms with Gasteiger partial charge in [0.25, 0.3) is 5.91 Å². The lowest BCUT2D eigenvalue weighted by Gasteiger charge is -2.36. The second-order valence-electron chi connectivity index (χ2n) is 6.99. The van der Waals surface area contributed by atoms with Gasteiger partial charge in [-0.3, -0.25) is 9.59 Å². The van der Waals surface area contributed by atoms with E-state index < -0.39 is 0 Å². The highest BCUT2D eigenvalue weighted by molar-refractivity contribution is 6.30. The van der Waals surface area contributed by atoms with Gasteiger partial charge in [0, 0.05) is 37.6 Å². The van der Waals surface area contributed by atoms with E-state index in [4.69, 9.17) is 16.3 Å². The minimum Gasteiger partial charge on any atom is -0.483 e. The van der Waals surface area contributed by atoms with E-state index in [1.165, 1.54) is 0 Å². The number of hydrogen-bond donors (Lipinski definition) is 1. The number of carbonyl (C=O) groups excluding carboxylic acids is 2. The zero-order chi connectivity index (χ0) is 20.8. The second kappa shape index (κ2) is 9.65. The predicted molar refractivity (Wildman–Crippen MR) is 116 cm³/mol. The standard InChI is InChI=1S/C22H26ClN3O3/c1-3-22(28)26-12-10-25(11-13-26)19-7-5-4-6-18(19)24-21(27)15-29-20-9-8-17(23)14-16(20)2/h4-9,14H,3,10-13,15H2,1-2H3,(H,24,27). The second-order valence-corrected chi connectivity index (χ2v) is 7.42. The van der Waals surface area contributed by atoms with Crippen LogP contribution < -0.4 is 15.0 Å². The summed E-state index contributed by atoms with van der Waals surface area (Å²) in [7, 11) is 0. The molecule has 0 atom stereocenters. The Morgan fingerprint density at radius 3 is 2.52 bits per heavy atom. The third-order valence-electron chi connectivity index (χ3n) is 4.95. The smallest absolute Gasteiger partial charge is 0.262 e. The van der Waals surface area contributed by atoms with E-state index in [-0.39, 0.29) is 18.4 Å². The molecular formula is C22H26ClN3O3. The molecule has 6 nitrogen and oxygen atoms in total. The summed E-state index contributed by atoms with van der Waals surface area (Å²) in [5.74, 6) is 0.585. The van der Waals surface area contributed by atoms with Crippen molar-refractivity contribution in [3.05, 3.63) is 53.1 Å². The molecule has 0 bridgehead atoms. The first-order chi connectivity index (χ1) is 14.0. The Morgan fingerprint density at radius 1 is 1.10 bits per heavy atom. The number of amides is 2. The number of ether oxygens (including phenoxy) is 1. The number of benzene rings is 2. The molecule has 0 aromatic heterocycles. The number of nitrogens with zero attached hydrogens (tertiary/aromatic N) is 2. The van der Waals surface area contributed by atoms with E-state index in [9.17, 15) is 9.59 Å². The molecular weight excluding hydrogens is 390 g/mol. The van der Waals surface area contributed by atoms with Gasteiger partial charge in [0.2, 0.25) is 5.91 Å². The molecule has 1 aliphatic rings. The van der Waals surface area contributed by atoms with Crippen LogP contribution in [0.4, 0.5) is 11.4 Å². The number of anilines is 2. The topological polar surface area (TPSA) is 61.9 Å². The van der Waals surface area contributed by atoms with Crippen molar-refractivity contribution in [3.63, 3.8) is 0 Å². The zero-order valence-corrected chi connectivity index (χ0v) is 17.5. The van der Waals surface area contributed by atoms with E-state index in [1.807, 2.05) is 43.0 Å². The number of aryl methyl sites for hydroxylation is 1. The molecule has 2 amide bonds. The van der Waals surface area contributed by atoms with Crippen LogP contribution in [0.15, 0.2) is 42.5 Å². The van der Waals surface area contributed by atoms with Crippen molar-refractivity contribution in [3.8, 4) is 5.75 Å². The predicted octanol–water partition coefficient (Wildman–Crippen LogP) is 3.72. The quantitative estimate of drug-likeness (QED) is 0.781. The van der Waals surface area contributed by atoms with Crippen LogP contribution in [0.2, 0.25) is 5.02 Å². The Balaban J connectivity index is 1.60. The van der Waals surface area contributed by atoms with Gasteiger partial charge in [-0.05, 0) is 42.8 Å². The van der Waals surface area contributed by atoms with Crippen molar-refractivity contribution in [1.29, 1.82) is 0 Å². The number of halogens is 1. The normalized spacial score (nSPS) is 13.9. The third-order valence-corrected chi connectivity index (χ3v) is 5.18. The summed E-state index contributed by atoms with van der Waals surface area (Å²) in [5.41, 5.74) is 2.57. The summed E-state index contributed by atoms with van der Waals surface area (Å²) in [6.07, 6.45) is 0.528. The molecule has 0 radical (unpaired) electrons. The highest BCUT2D eigenvalue weighted by Crippen LogP contribution is 2.27. The van der Waals surface area contributed by atoms with Crippen LogP contribution in [-0.2, 0) is 9.59 Å². The summed E-state index contributed by atoms with van der Waals surface area (Å²) >= 11 is 5.95. The summed E-state index contributed by atoms with van der Waals surface area (Å²) in [4.78, 5) is 28.4. The Hall–Kier alpha value is -2.73. The number of piperazine rings is 1. The van der Waals surface area contributed by atoms with Crippen LogP contribution in [0, 0.1) is 6.92 Å². The molecule has 29 heavy (non-hydrogen) atoms. The Morgan fingerprint density at radius 2 is 1.83 bits per heavy atom. The monoisotopic (exact) mass is 415 g/mol. The fraction of sp³-hybridized carbons (Fsp3) is 0.364. The van der Waals surface area contributed by atoms with Gasteiger partial charge in [-0.1, -0.05) is 30.7 Å². The Kier molecular flexibility index (Phi) is 6.99. The Bertz CT molecular complexity index is 879. The molecule has 0 unspecified atom stereocenters. The van der Waals surface area contributed by atoms with E-state index in [1.54, 1.807) is 18.2 Å². The van der Waals surface area contributed by atoms with Gasteiger partial charge in [-0.2, -0.15) is 0 Å². The lowest BCUT2D eigenvalue weighted by molar-refractivity contribution is -0.131. The average molecular weight is 416 g/mol. The lowest BCUT2D eigenvalue weighted by atomic mass is 10.2. The highest BCUT2D eigenvalue weighted by Gasteiger charge is 2.22. The highest BCUT2D eigenvalue weighted by atomic mass is 35.5. The van der Waals surface area contributed by atoms with Gasteiger partial charge in [0.05, 0.1) is 11.4 Å². The van der Waals surface area contributed by atoms with Crippen molar-refractivity contribution in [1.82, 2.24) is 4.90 Å². The van der Waals surface area contributed by atoms with Gasteiger partial charge in [0.15, 0.2) is 6.61 Å². The first-order valence-corrected chi connectivity index (χ1v) is 10.2. The lowest BCUT2D eigenvalue weighted by Crippen LogP contribution is -2.48. The van der Waals surface area contributed by atoms with E-state index in [2.05, 4.69) is 10.2 Å². The van der Waals surface area contributed by atoms with Crippen molar-refractivity contribution in [2.24, 2.45) is 0 Å². The molecule has 2 aromatic rings. The van der Waals surface area contributed by atoms with Gasteiger partial charge >= 0.3 is 0 Å². The average Bonchev–Trinajstić information content (AvgIpc) is 2.73. The minimum atomic E-state index is -0.230. The maximum atomic E-state index is 12.4. The summed E-state index contributed by atoms with van der Waals surface area (Å²) in [5, 5.41) is 3.58. The van der Waals surface area contributed by atoms with Gasteiger partial charge in [0.1, 0.15) is 5.75 Å². The van der Waals surface area contributed by atoms with Crippen molar-refractivity contribution >= 4 is 34.8 Å². The SMILES string of the molecule is CCC(=O)N1CCN(c2ccccc2NC(=O)COc2ccc(Cl)cc2C)CC1. The van der Waals surface area contributed by atoms with Crippen LogP contribution in [0.1, 0.15) is 18.9 Å². The molecule has 1 saturated heterocycles. The molecule has 0 aliphatic carbocycles. The molecule has 1 fully saturated rings. The molecule has 0 saturated carbocycles. The van der Waals surface area contributed by atoms with Crippen LogP contribution in [0.3, 0.4) is 0 Å². The molecule has 2 aromatic carbocycles. The number of nitrogens with one attached hydrogen (secondary N) is 1. The molecule has 154 valence electrons. The molecule has 0 spiro atoms. The van der Waals surface area contributed by atoms with Gasteiger partial charge < -0.3 is 19.9 Å². The first-order valence-electron chi connectivity index (χ1n) is 9.78. The Labute approximate surface area is 176 Å². The number of rotatable bonds is 6. The van der Waals surface area contributed by atoms with Crippen LogP contribution in [-0.4, -0.2) is 49.5 Å². The van der Waals surface area contributed by atoms with Gasteiger partial charge in [-0.15, -0.1) is 0 Å². The molecule has 7 heteroatoms. The molecule has 1 aliphatic heterocycles. The third kappa shape index (κ3) is 5.41. The van der Waals surface area contributed by atoms with E-state index in [0.717, 1.165) is 30.0 Å². The first kappa shape index (κ1) is 21.0. The van der Waals surface area contributed by atoms with Crippen molar-refractivity contribution in [2.45, 2.75) is 20.3 Å². The largest absolute Gasteiger partial charge is 0.483 e. The number of carbonyl (C=O) groups is 2. The van der Waals surface area contributed by atoms with E-state index >= 15 is 0 Å². The zero-order valence-electron chi connectivity index (χ0n) is 16.8. The van der Waals surface area contributed by atoms with Gasteiger partial charge in [-0.25, -0.2) is 0 Å².